The average molecular weight is 450 g/mol. The zero-order valence-electron chi connectivity index (χ0n) is 13.8. The van der Waals surface area contributed by atoms with E-state index >= 15 is 0 Å². The number of carbonyl (C=O) groups excluding carboxylic acids is 1. The van der Waals surface area contributed by atoms with Crippen LogP contribution in [-0.2, 0) is 11.3 Å². The lowest BCUT2D eigenvalue weighted by molar-refractivity contribution is -0.128. The first-order valence-electron chi connectivity index (χ1n) is 7.80. The number of nitrogens with zero attached hydrogens (tertiary/aromatic N) is 3. The molecule has 134 valence electrons. The molecule has 0 aliphatic carbocycles. The fourth-order valence-electron chi connectivity index (χ4n) is 2.22. The monoisotopic (exact) mass is 449 g/mol. The van der Waals surface area contributed by atoms with Crippen molar-refractivity contribution < 1.29 is 9.21 Å². The topological polar surface area (TPSA) is 59.2 Å². The van der Waals surface area contributed by atoms with Gasteiger partial charge in [-0.05, 0) is 40.2 Å². The Morgan fingerprint density at radius 2 is 2.08 bits per heavy atom. The normalized spacial score (nSPS) is 10.7. The molecule has 0 fully saturated rings. The number of rotatable bonds is 8. The van der Waals surface area contributed by atoms with Gasteiger partial charge in [0.2, 0.25) is 11.8 Å². The quantitative estimate of drug-likeness (QED) is 0.362. The largest absolute Gasteiger partial charge is 0.411 e. The summed E-state index contributed by atoms with van der Waals surface area (Å²) in [6.45, 7) is 4.79. The predicted octanol–water partition coefficient (Wildman–Crippen LogP) is 4.87. The van der Waals surface area contributed by atoms with Crippen LogP contribution in [0.1, 0.15) is 4.88 Å². The van der Waals surface area contributed by atoms with Crippen molar-refractivity contribution >= 4 is 44.9 Å². The molecule has 8 heteroatoms. The molecule has 3 rings (SSSR count). The molecule has 0 bridgehead atoms. The van der Waals surface area contributed by atoms with Crippen LogP contribution in [0.15, 0.2) is 68.5 Å². The molecular weight excluding hydrogens is 434 g/mol. The summed E-state index contributed by atoms with van der Waals surface area (Å²) in [5.41, 5.74) is 0.856. The third-order valence-electron chi connectivity index (χ3n) is 3.42. The Labute approximate surface area is 168 Å². The standard InChI is InChI=1S/C18H16BrN3O2S2/c1-2-10-22(11-14-8-9-15(19)26-14)16(23)12-25-18-21-20-17(24-18)13-6-4-3-5-7-13/h2-9H,1,10-12H2. The van der Waals surface area contributed by atoms with Gasteiger partial charge in [-0.25, -0.2) is 0 Å². The van der Waals surface area contributed by atoms with Crippen LogP contribution in [0.5, 0.6) is 0 Å². The number of thioether (sulfide) groups is 1. The Morgan fingerprint density at radius 1 is 1.27 bits per heavy atom. The van der Waals surface area contributed by atoms with Crippen molar-refractivity contribution in [3.05, 3.63) is 63.8 Å². The summed E-state index contributed by atoms with van der Waals surface area (Å²) in [6, 6.07) is 13.5. The summed E-state index contributed by atoms with van der Waals surface area (Å²) in [5.74, 6) is 0.683. The minimum atomic E-state index is -0.00103. The Kier molecular flexibility index (Phi) is 6.65. The van der Waals surface area contributed by atoms with Crippen molar-refractivity contribution in [1.82, 2.24) is 15.1 Å². The highest BCUT2D eigenvalue weighted by atomic mass is 79.9. The number of benzene rings is 1. The van der Waals surface area contributed by atoms with Crippen molar-refractivity contribution in [2.24, 2.45) is 0 Å². The summed E-state index contributed by atoms with van der Waals surface area (Å²) >= 11 is 6.30. The Bertz CT molecular complexity index is 879. The molecule has 0 saturated carbocycles. The second-order valence-corrected chi connectivity index (χ2v) is 8.77. The molecule has 0 saturated heterocycles. The minimum Gasteiger partial charge on any atom is -0.411 e. The third kappa shape index (κ3) is 5.06. The molecular formula is C18H16BrN3O2S2. The highest BCUT2D eigenvalue weighted by Gasteiger charge is 2.16. The van der Waals surface area contributed by atoms with E-state index in [4.69, 9.17) is 4.42 Å². The number of thiophene rings is 1. The first-order valence-corrected chi connectivity index (χ1v) is 10.4. The maximum atomic E-state index is 12.6. The van der Waals surface area contributed by atoms with Gasteiger partial charge in [0, 0.05) is 17.0 Å². The van der Waals surface area contributed by atoms with Crippen molar-refractivity contribution in [2.75, 3.05) is 12.3 Å². The first-order chi connectivity index (χ1) is 12.7. The minimum absolute atomic E-state index is 0.00103. The van der Waals surface area contributed by atoms with E-state index in [0.29, 0.717) is 24.2 Å². The summed E-state index contributed by atoms with van der Waals surface area (Å²) in [7, 11) is 0. The van der Waals surface area contributed by atoms with Gasteiger partial charge in [-0.2, -0.15) is 0 Å². The van der Waals surface area contributed by atoms with Gasteiger partial charge in [0.1, 0.15) is 0 Å². The molecule has 0 atom stereocenters. The lowest BCUT2D eigenvalue weighted by atomic mass is 10.2. The van der Waals surface area contributed by atoms with Gasteiger partial charge in [0.25, 0.3) is 5.22 Å². The highest BCUT2D eigenvalue weighted by molar-refractivity contribution is 9.11. The third-order valence-corrected chi connectivity index (χ3v) is 5.84. The molecule has 0 aliphatic heterocycles. The van der Waals surface area contributed by atoms with E-state index in [0.717, 1.165) is 14.2 Å². The number of halogens is 1. The molecule has 3 aromatic rings. The van der Waals surface area contributed by atoms with Gasteiger partial charge in [-0.1, -0.05) is 36.0 Å². The number of carbonyl (C=O) groups is 1. The van der Waals surface area contributed by atoms with Gasteiger partial charge in [0.15, 0.2) is 0 Å². The van der Waals surface area contributed by atoms with Gasteiger partial charge >= 0.3 is 0 Å². The fraction of sp³-hybridized carbons (Fsp3) is 0.167. The molecule has 2 aromatic heterocycles. The van der Waals surface area contributed by atoms with E-state index in [9.17, 15) is 4.79 Å². The maximum Gasteiger partial charge on any atom is 0.277 e. The van der Waals surface area contributed by atoms with E-state index in [-0.39, 0.29) is 11.7 Å². The zero-order valence-corrected chi connectivity index (χ0v) is 17.0. The molecule has 0 radical (unpaired) electrons. The van der Waals surface area contributed by atoms with E-state index in [2.05, 4.69) is 32.7 Å². The smallest absolute Gasteiger partial charge is 0.277 e. The van der Waals surface area contributed by atoms with Crippen molar-refractivity contribution in [1.29, 1.82) is 0 Å². The number of aromatic nitrogens is 2. The number of hydrogen-bond acceptors (Lipinski definition) is 6. The summed E-state index contributed by atoms with van der Waals surface area (Å²) < 4.78 is 6.68. The van der Waals surface area contributed by atoms with E-state index < -0.39 is 0 Å². The molecule has 0 spiro atoms. The fourth-order valence-corrected chi connectivity index (χ4v) is 4.38. The summed E-state index contributed by atoms with van der Waals surface area (Å²) in [6.07, 6.45) is 1.73. The van der Waals surface area contributed by atoms with Crippen LogP contribution < -0.4 is 0 Å². The van der Waals surface area contributed by atoms with Gasteiger partial charge in [-0.15, -0.1) is 28.1 Å². The Hall–Kier alpha value is -1.90. The number of hydrogen-bond donors (Lipinski definition) is 0. The highest BCUT2D eigenvalue weighted by Crippen LogP contribution is 2.25. The lowest BCUT2D eigenvalue weighted by Crippen LogP contribution is -2.31. The van der Waals surface area contributed by atoms with E-state index in [1.54, 1.807) is 22.3 Å². The molecule has 1 aromatic carbocycles. The van der Waals surface area contributed by atoms with E-state index in [1.807, 2.05) is 42.5 Å². The molecule has 0 unspecified atom stereocenters. The van der Waals surface area contributed by atoms with E-state index in [1.165, 1.54) is 11.8 Å². The first kappa shape index (κ1) is 18.9. The van der Waals surface area contributed by atoms with Crippen LogP contribution in [-0.4, -0.2) is 33.3 Å². The maximum absolute atomic E-state index is 12.6. The number of amides is 1. The Morgan fingerprint density at radius 3 is 2.77 bits per heavy atom. The summed E-state index contributed by atoms with van der Waals surface area (Å²) in [5, 5.41) is 8.43. The lowest BCUT2D eigenvalue weighted by Gasteiger charge is -2.19. The van der Waals surface area contributed by atoms with Crippen molar-refractivity contribution in [2.45, 2.75) is 11.8 Å². The van der Waals surface area contributed by atoms with Crippen LogP contribution in [0.3, 0.4) is 0 Å². The molecule has 0 aliphatic rings. The van der Waals surface area contributed by atoms with Gasteiger partial charge < -0.3 is 9.32 Å². The summed E-state index contributed by atoms with van der Waals surface area (Å²) in [4.78, 5) is 15.4. The predicted molar refractivity (Wildman–Crippen MR) is 108 cm³/mol. The second kappa shape index (κ2) is 9.16. The van der Waals surface area contributed by atoms with Crippen molar-refractivity contribution in [3.63, 3.8) is 0 Å². The molecule has 26 heavy (non-hydrogen) atoms. The molecule has 5 nitrogen and oxygen atoms in total. The Balaban J connectivity index is 1.59. The van der Waals surface area contributed by atoms with Crippen LogP contribution >= 0.6 is 39.0 Å². The van der Waals surface area contributed by atoms with Crippen molar-refractivity contribution in [3.8, 4) is 11.5 Å². The molecule has 2 heterocycles. The van der Waals surface area contributed by atoms with Gasteiger partial charge in [-0.3, -0.25) is 4.79 Å². The average Bonchev–Trinajstić information content (AvgIpc) is 3.29. The van der Waals surface area contributed by atoms with Crippen LogP contribution in [0, 0.1) is 0 Å². The second-order valence-electron chi connectivity index (χ2n) is 5.30. The SMILES string of the molecule is C=CCN(Cc1ccc(Br)s1)C(=O)CSc1nnc(-c2ccccc2)o1. The molecule has 1 amide bonds. The van der Waals surface area contributed by atoms with Crippen LogP contribution in [0.4, 0.5) is 0 Å². The van der Waals surface area contributed by atoms with Crippen LogP contribution in [0.2, 0.25) is 0 Å². The van der Waals surface area contributed by atoms with Gasteiger partial charge in [0.05, 0.1) is 16.1 Å². The molecule has 0 N–H and O–H groups in total. The van der Waals surface area contributed by atoms with Crippen LogP contribution in [0.25, 0.3) is 11.5 Å². The zero-order chi connectivity index (χ0) is 18.4.